The van der Waals surface area contributed by atoms with Crippen molar-refractivity contribution in [3.8, 4) is 0 Å². The highest BCUT2D eigenvalue weighted by atomic mass is 32.2. The van der Waals surface area contributed by atoms with Crippen molar-refractivity contribution in [2.45, 2.75) is 32.1 Å². The maximum Gasteiger partial charge on any atom is 0.274 e. The molecule has 26 heavy (non-hydrogen) atoms. The quantitative estimate of drug-likeness (QED) is 0.862. The number of aromatic nitrogens is 2. The molecule has 0 radical (unpaired) electrons. The lowest BCUT2D eigenvalue weighted by molar-refractivity contribution is 0.0297. The lowest BCUT2D eigenvalue weighted by Gasteiger charge is -2.26. The average molecular weight is 375 g/mol. The van der Waals surface area contributed by atoms with E-state index in [1.807, 2.05) is 4.90 Å². The maximum absolute atomic E-state index is 13.2. The molecule has 4 heterocycles. The topological polar surface area (TPSA) is 59.4 Å². The van der Waals surface area contributed by atoms with Crippen LogP contribution in [0.1, 0.15) is 48.1 Å². The Morgan fingerprint density at radius 2 is 2.12 bits per heavy atom. The second-order valence-corrected chi connectivity index (χ2v) is 7.83. The van der Waals surface area contributed by atoms with Gasteiger partial charge in [0.15, 0.2) is 5.69 Å². The van der Waals surface area contributed by atoms with Crippen LogP contribution in [-0.4, -0.2) is 60.0 Å². The van der Waals surface area contributed by atoms with Gasteiger partial charge in [0, 0.05) is 41.4 Å². The highest BCUT2D eigenvalue weighted by Gasteiger charge is 2.34. The number of allylic oxidation sites excluding steroid dienone is 3. The third kappa shape index (κ3) is 3.02. The van der Waals surface area contributed by atoms with Gasteiger partial charge in [0.05, 0.1) is 24.9 Å². The third-order valence-corrected chi connectivity index (χ3v) is 6.53. The molecule has 1 atom stereocenters. The molecule has 1 aromatic rings. The zero-order valence-electron chi connectivity index (χ0n) is 15.5. The van der Waals surface area contributed by atoms with Gasteiger partial charge in [-0.25, -0.2) is 0 Å². The number of morpholine rings is 1. The van der Waals surface area contributed by atoms with Gasteiger partial charge in [-0.1, -0.05) is 12.2 Å². The number of amides is 1. The van der Waals surface area contributed by atoms with Gasteiger partial charge in [-0.05, 0) is 26.8 Å². The molecule has 0 aromatic carbocycles. The van der Waals surface area contributed by atoms with Crippen LogP contribution >= 0.6 is 11.8 Å². The van der Waals surface area contributed by atoms with Gasteiger partial charge in [-0.3, -0.25) is 9.48 Å². The maximum atomic E-state index is 13.2. The van der Waals surface area contributed by atoms with Crippen LogP contribution in [0.4, 0.5) is 0 Å². The number of thioether (sulfide) groups is 1. The van der Waals surface area contributed by atoms with Crippen molar-refractivity contribution in [3.63, 3.8) is 0 Å². The Labute approximate surface area is 158 Å². The molecule has 7 heteroatoms. The number of fused-ring (bicyclic) bond motifs is 1. The molecule has 1 N–H and O–H groups in total. The number of nitrogens with zero attached hydrogens (tertiary/aromatic N) is 3. The lowest BCUT2D eigenvalue weighted by Crippen LogP contribution is -2.41. The van der Waals surface area contributed by atoms with Crippen LogP contribution in [0.15, 0.2) is 17.1 Å². The zero-order chi connectivity index (χ0) is 18.1. The van der Waals surface area contributed by atoms with Gasteiger partial charge in [-0.15, -0.1) is 11.8 Å². The minimum Gasteiger partial charge on any atom is -0.378 e. The molecule has 0 bridgehead atoms. The van der Waals surface area contributed by atoms with Gasteiger partial charge >= 0.3 is 0 Å². The molecule has 1 aromatic heterocycles. The third-order valence-electron chi connectivity index (χ3n) is 5.33. The first-order valence-corrected chi connectivity index (χ1v) is 10.4. The van der Waals surface area contributed by atoms with E-state index in [1.54, 1.807) is 11.8 Å². The van der Waals surface area contributed by atoms with E-state index in [0.717, 1.165) is 36.5 Å². The van der Waals surface area contributed by atoms with Gasteiger partial charge in [0.1, 0.15) is 0 Å². The van der Waals surface area contributed by atoms with Crippen molar-refractivity contribution in [2.75, 3.05) is 39.4 Å². The summed E-state index contributed by atoms with van der Waals surface area (Å²) in [6, 6.07) is 0.311. The van der Waals surface area contributed by atoms with Crippen molar-refractivity contribution in [3.05, 3.63) is 34.0 Å². The molecule has 0 aliphatic carbocycles. The Balaban J connectivity index is 1.80. The summed E-state index contributed by atoms with van der Waals surface area (Å²) in [5.41, 5.74) is 4.08. The Morgan fingerprint density at radius 1 is 1.31 bits per heavy atom. The standard InChI is InChI=1S/C19H26N4O2S/c1-3-14-16(4-2)26-12-15-17(19(24)22-7-9-25-10-8-22)21-23(18(14)15)13-5-6-20-11-13/h3-4,13,20H,5-12H2,1-2H3/b14-3+,16-4+. The van der Waals surface area contributed by atoms with Crippen LogP contribution in [0.25, 0.3) is 5.57 Å². The predicted octanol–water partition coefficient (Wildman–Crippen LogP) is 2.44. The highest BCUT2D eigenvalue weighted by Crippen LogP contribution is 2.44. The molecule has 6 nitrogen and oxygen atoms in total. The van der Waals surface area contributed by atoms with E-state index in [0.29, 0.717) is 38.0 Å². The highest BCUT2D eigenvalue weighted by molar-refractivity contribution is 8.03. The number of carbonyl (C=O) groups excluding carboxylic acids is 1. The average Bonchev–Trinajstić information content (AvgIpc) is 3.35. The molecular formula is C19H26N4O2S. The molecule has 2 saturated heterocycles. The normalized spacial score (nSPS) is 26.5. The first-order valence-electron chi connectivity index (χ1n) is 9.39. The summed E-state index contributed by atoms with van der Waals surface area (Å²) >= 11 is 1.80. The van der Waals surface area contributed by atoms with Crippen LogP contribution in [0, 0.1) is 0 Å². The van der Waals surface area contributed by atoms with Crippen LogP contribution in [0.5, 0.6) is 0 Å². The fourth-order valence-corrected chi connectivity index (χ4v) is 5.06. The number of hydrogen-bond donors (Lipinski definition) is 1. The summed E-state index contributed by atoms with van der Waals surface area (Å²) in [7, 11) is 0. The monoisotopic (exact) mass is 374 g/mol. The van der Waals surface area contributed by atoms with Crippen molar-refractivity contribution >= 4 is 23.2 Å². The Bertz CT molecular complexity index is 756. The molecule has 1 amide bonds. The van der Waals surface area contributed by atoms with Gasteiger partial charge in [0.25, 0.3) is 5.91 Å². The van der Waals surface area contributed by atoms with E-state index < -0.39 is 0 Å². The number of ether oxygens (including phenoxy) is 1. The smallest absolute Gasteiger partial charge is 0.274 e. The van der Waals surface area contributed by atoms with E-state index in [9.17, 15) is 4.79 Å². The number of rotatable bonds is 2. The zero-order valence-corrected chi connectivity index (χ0v) is 16.3. The molecule has 4 rings (SSSR count). The molecule has 3 aliphatic heterocycles. The molecule has 140 valence electrons. The van der Waals surface area contributed by atoms with Crippen LogP contribution in [-0.2, 0) is 10.5 Å². The Kier molecular flexibility index (Phi) is 5.20. The molecule has 3 aliphatic rings. The Hall–Kier alpha value is -1.57. The van der Waals surface area contributed by atoms with E-state index in [4.69, 9.17) is 9.84 Å². The minimum atomic E-state index is 0.0502. The van der Waals surface area contributed by atoms with E-state index in [-0.39, 0.29) is 5.91 Å². The van der Waals surface area contributed by atoms with Crippen LogP contribution in [0.3, 0.4) is 0 Å². The Morgan fingerprint density at radius 3 is 2.77 bits per heavy atom. The van der Waals surface area contributed by atoms with Gasteiger partial charge < -0.3 is 15.0 Å². The lowest BCUT2D eigenvalue weighted by atomic mass is 10.0. The second-order valence-electron chi connectivity index (χ2n) is 6.82. The van der Waals surface area contributed by atoms with Gasteiger partial charge in [0.2, 0.25) is 0 Å². The molecular weight excluding hydrogens is 348 g/mol. The summed E-state index contributed by atoms with van der Waals surface area (Å²) in [5, 5.41) is 8.30. The van der Waals surface area contributed by atoms with Gasteiger partial charge in [-0.2, -0.15) is 5.10 Å². The summed E-state index contributed by atoms with van der Waals surface area (Å²) in [4.78, 5) is 16.3. The summed E-state index contributed by atoms with van der Waals surface area (Å²) in [6.07, 6.45) is 5.37. The summed E-state index contributed by atoms with van der Waals surface area (Å²) < 4.78 is 7.53. The van der Waals surface area contributed by atoms with Crippen molar-refractivity contribution in [1.29, 1.82) is 0 Å². The first-order chi connectivity index (χ1) is 12.7. The van der Waals surface area contributed by atoms with E-state index in [1.165, 1.54) is 10.5 Å². The number of nitrogens with one attached hydrogen (secondary N) is 1. The fourth-order valence-electron chi connectivity index (χ4n) is 3.95. The van der Waals surface area contributed by atoms with Crippen molar-refractivity contribution < 1.29 is 9.53 Å². The first kappa shape index (κ1) is 17.8. The SMILES string of the molecule is C/C=C1\C(=C/C)SCc2c(C(=O)N3CCOCC3)nn(C3CCNC3)c21. The van der Waals surface area contributed by atoms with Crippen molar-refractivity contribution in [1.82, 2.24) is 20.0 Å². The van der Waals surface area contributed by atoms with Crippen LogP contribution in [0.2, 0.25) is 0 Å². The number of carbonyl (C=O) groups is 1. The molecule has 0 spiro atoms. The largest absolute Gasteiger partial charge is 0.378 e. The van der Waals surface area contributed by atoms with Crippen LogP contribution < -0.4 is 5.32 Å². The van der Waals surface area contributed by atoms with E-state index >= 15 is 0 Å². The summed E-state index contributed by atoms with van der Waals surface area (Å²) in [5.74, 6) is 0.854. The molecule has 2 fully saturated rings. The van der Waals surface area contributed by atoms with E-state index in [2.05, 4.69) is 36.0 Å². The predicted molar refractivity (Wildman–Crippen MR) is 104 cm³/mol. The molecule has 1 unspecified atom stereocenters. The fraction of sp³-hybridized carbons (Fsp3) is 0.579. The number of hydrogen-bond acceptors (Lipinski definition) is 5. The molecule has 0 saturated carbocycles. The minimum absolute atomic E-state index is 0.0502. The summed E-state index contributed by atoms with van der Waals surface area (Å²) in [6.45, 7) is 8.58. The second kappa shape index (κ2) is 7.58. The van der Waals surface area contributed by atoms with Crippen molar-refractivity contribution in [2.24, 2.45) is 0 Å².